The molecule has 0 atom stereocenters. The Labute approximate surface area is 90.1 Å². The zero-order chi connectivity index (χ0) is 11.3. The van der Waals surface area contributed by atoms with Crippen molar-refractivity contribution in [3.05, 3.63) is 29.6 Å². The van der Waals surface area contributed by atoms with Crippen molar-refractivity contribution in [3.63, 3.8) is 0 Å². The highest BCUT2D eigenvalue weighted by atomic mass is 32.2. The van der Waals surface area contributed by atoms with Gasteiger partial charge in [0.05, 0.1) is 5.75 Å². The van der Waals surface area contributed by atoms with Gasteiger partial charge in [-0.05, 0) is 30.9 Å². The lowest BCUT2D eigenvalue weighted by atomic mass is 10.2. The third kappa shape index (κ3) is 4.90. The van der Waals surface area contributed by atoms with Crippen LogP contribution >= 0.6 is 0 Å². The van der Waals surface area contributed by atoms with Gasteiger partial charge in [0.1, 0.15) is 0 Å². The second-order valence-corrected chi connectivity index (χ2v) is 4.97. The van der Waals surface area contributed by atoms with Crippen LogP contribution in [0.4, 0.5) is 0 Å². The van der Waals surface area contributed by atoms with E-state index in [1.54, 1.807) is 6.20 Å². The van der Waals surface area contributed by atoms with E-state index in [9.17, 15) is 8.42 Å². The minimum atomic E-state index is -3.83. The van der Waals surface area contributed by atoms with Crippen LogP contribution < -0.4 is 0 Å². The van der Waals surface area contributed by atoms with Gasteiger partial charge in [-0.2, -0.15) is 8.42 Å². The van der Waals surface area contributed by atoms with Crippen LogP contribution in [0.2, 0.25) is 0 Å². The Bertz CT molecular complexity index is 397. The average Bonchev–Trinajstić information content (AvgIpc) is 2.17. The van der Waals surface area contributed by atoms with Crippen LogP contribution in [0, 0.1) is 0 Å². The van der Waals surface area contributed by atoms with Crippen LogP contribution in [-0.4, -0.2) is 23.7 Å². The quantitative estimate of drug-likeness (QED) is 0.776. The lowest BCUT2D eigenvalue weighted by Gasteiger charge is -2.00. The Morgan fingerprint density at radius 2 is 2.13 bits per heavy atom. The summed E-state index contributed by atoms with van der Waals surface area (Å²) < 4.78 is 29.4. The highest BCUT2D eigenvalue weighted by Crippen LogP contribution is 2.04. The largest absolute Gasteiger partial charge is 0.286 e. The highest BCUT2D eigenvalue weighted by Gasteiger charge is 2.04. The number of rotatable bonds is 5. The Morgan fingerprint density at radius 1 is 1.40 bits per heavy atom. The number of hydrogen-bond donors (Lipinski definition) is 1. The molecule has 1 rings (SSSR count). The molecule has 0 saturated carbocycles. The van der Waals surface area contributed by atoms with Crippen molar-refractivity contribution in [2.45, 2.75) is 26.2 Å². The molecule has 1 heterocycles. The SMILES string of the molecule is CCc1ccc(CCCS(=O)(=O)O)nc1. The van der Waals surface area contributed by atoms with Gasteiger partial charge >= 0.3 is 0 Å². The van der Waals surface area contributed by atoms with Gasteiger partial charge < -0.3 is 0 Å². The van der Waals surface area contributed by atoms with Crippen LogP contribution in [0.5, 0.6) is 0 Å². The maximum Gasteiger partial charge on any atom is 0.264 e. The molecular weight excluding hydrogens is 214 g/mol. The first-order valence-corrected chi connectivity index (χ1v) is 6.51. The van der Waals surface area contributed by atoms with Crippen LogP contribution in [0.25, 0.3) is 0 Å². The molecule has 84 valence electrons. The number of nitrogens with zero attached hydrogens (tertiary/aromatic N) is 1. The van der Waals surface area contributed by atoms with Crippen LogP contribution in [0.1, 0.15) is 24.6 Å². The minimum absolute atomic E-state index is 0.204. The van der Waals surface area contributed by atoms with Crippen LogP contribution in [-0.2, 0) is 23.0 Å². The van der Waals surface area contributed by atoms with Crippen molar-refractivity contribution in [2.75, 3.05) is 5.75 Å². The minimum Gasteiger partial charge on any atom is -0.286 e. The molecule has 0 radical (unpaired) electrons. The predicted octanol–water partition coefficient (Wildman–Crippen LogP) is 1.46. The zero-order valence-electron chi connectivity index (χ0n) is 8.68. The molecule has 0 aliphatic heterocycles. The van der Waals surface area contributed by atoms with E-state index in [1.165, 1.54) is 0 Å². The summed E-state index contributed by atoms with van der Waals surface area (Å²) >= 11 is 0. The smallest absolute Gasteiger partial charge is 0.264 e. The third-order valence-electron chi connectivity index (χ3n) is 2.13. The van der Waals surface area contributed by atoms with Crippen molar-refractivity contribution < 1.29 is 13.0 Å². The van der Waals surface area contributed by atoms with Gasteiger partial charge in [-0.1, -0.05) is 13.0 Å². The first-order chi connectivity index (χ1) is 7.01. The van der Waals surface area contributed by atoms with E-state index in [1.807, 2.05) is 12.1 Å². The molecule has 1 aromatic heterocycles. The van der Waals surface area contributed by atoms with Crippen molar-refractivity contribution >= 4 is 10.1 Å². The van der Waals surface area contributed by atoms with Gasteiger partial charge in [0.25, 0.3) is 10.1 Å². The van der Waals surface area contributed by atoms with E-state index in [2.05, 4.69) is 11.9 Å². The summed E-state index contributed by atoms with van der Waals surface area (Å²) in [5, 5.41) is 0. The molecule has 4 nitrogen and oxygen atoms in total. The normalized spacial score (nSPS) is 11.6. The fourth-order valence-electron chi connectivity index (χ4n) is 1.25. The molecule has 5 heteroatoms. The standard InChI is InChI=1S/C10H15NO3S/c1-2-9-5-6-10(11-8-9)4-3-7-15(12,13)14/h5-6,8H,2-4,7H2,1H3,(H,12,13,14). The topological polar surface area (TPSA) is 67.3 Å². The number of aromatic nitrogens is 1. The zero-order valence-corrected chi connectivity index (χ0v) is 9.50. The summed E-state index contributed by atoms with van der Waals surface area (Å²) in [5.41, 5.74) is 2.02. The van der Waals surface area contributed by atoms with Gasteiger partial charge in [-0.3, -0.25) is 9.54 Å². The maximum atomic E-state index is 10.5. The lowest BCUT2D eigenvalue weighted by Crippen LogP contribution is -2.05. The molecule has 15 heavy (non-hydrogen) atoms. The Balaban J connectivity index is 2.45. The van der Waals surface area contributed by atoms with E-state index in [-0.39, 0.29) is 5.75 Å². The fourth-order valence-corrected chi connectivity index (χ4v) is 1.76. The first-order valence-electron chi connectivity index (χ1n) is 4.90. The molecule has 0 aliphatic rings. The molecule has 0 amide bonds. The number of aryl methyl sites for hydroxylation is 2. The van der Waals surface area contributed by atoms with Gasteiger partial charge in [-0.25, -0.2) is 0 Å². The van der Waals surface area contributed by atoms with Crippen LogP contribution in [0.15, 0.2) is 18.3 Å². The van der Waals surface area contributed by atoms with Gasteiger partial charge in [0.15, 0.2) is 0 Å². The summed E-state index contributed by atoms with van der Waals surface area (Å²) in [5.74, 6) is -0.204. The van der Waals surface area contributed by atoms with Crippen molar-refractivity contribution in [3.8, 4) is 0 Å². The van der Waals surface area contributed by atoms with E-state index in [0.29, 0.717) is 12.8 Å². The van der Waals surface area contributed by atoms with Crippen molar-refractivity contribution in [2.24, 2.45) is 0 Å². The molecule has 0 unspecified atom stereocenters. The van der Waals surface area contributed by atoms with Gasteiger partial charge in [-0.15, -0.1) is 0 Å². The number of hydrogen-bond acceptors (Lipinski definition) is 3. The summed E-state index contributed by atoms with van der Waals surface area (Å²) in [7, 11) is -3.83. The fraction of sp³-hybridized carbons (Fsp3) is 0.500. The molecular formula is C10H15NO3S. The third-order valence-corrected chi connectivity index (χ3v) is 2.93. The van der Waals surface area contributed by atoms with Crippen LogP contribution in [0.3, 0.4) is 0 Å². The molecule has 1 N–H and O–H groups in total. The Morgan fingerprint density at radius 3 is 2.60 bits per heavy atom. The van der Waals surface area contributed by atoms with Gasteiger partial charge in [0.2, 0.25) is 0 Å². The molecule has 0 spiro atoms. The second kappa shape index (κ2) is 5.23. The van der Waals surface area contributed by atoms with E-state index in [0.717, 1.165) is 17.7 Å². The molecule has 0 saturated heterocycles. The molecule has 0 aromatic carbocycles. The number of pyridine rings is 1. The predicted molar refractivity (Wildman–Crippen MR) is 58.4 cm³/mol. The molecule has 1 aromatic rings. The Hall–Kier alpha value is -0.940. The van der Waals surface area contributed by atoms with E-state index < -0.39 is 10.1 Å². The Kier molecular flexibility index (Phi) is 4.23. The van der Waals surface area contributed by atoms with E-state index in [4.69, 9.17) is 4.55 Å². The average molecular weight is 229 g/mol. The van der Waals surface area contributed by atoms with Gasteiger partial charge in [0, 0.05) is 11.9 Å². The summed E-state index contributed by atoms with van der Waals surface area (Å²) in [4.78, 5) is 4.19. The van der Waals surface area contributed by atoms with Crippen molar-refractivity contribution in [1.82, 2.24) is 4.98 Å². The molecule has 0 aliphatic carbocycles. The summed E-state index contributed by atoms with van der Waals surface area (Å²) in [6.07, 6.45) is 3.71. The second-order valence-electron chi connectivity index (χ2n) is 3.40. The maximum absolute atomic E-state index is 10.5. The monoisotopic (exact) mass is 229 g/mol. The summed E-state index contributed by atoms with van der Waals surface area (Å²) in [6, 6.07) is 3.87. The first kappa shape index (κ1) is 12.1. The van der Waals surface area contributed by atoms with Crippen molar-refractivity contribution in [1.29, 1.82) is 0 Å². The summed E-state index contributed by atoms with van der Waals surface area (Å²) in [6.45, 7) is 2.05. The molecule has 0 fully saturated rings. The lowest BCUT2D eigenvalue weighted by molar-refractivity contribution is 0.481. The molecule has 0 bridgehead atoms. The van der Waals surface area contributed by atoms with E-state index >= 15 is 0 Å². The highest BCUT2D eigenvalue weighted by molar-refractivity contribution is 7.85.